The molecule has 0 unspecified atom stereocenters. The number of rotatable bonds is 13. The standard InChI is InChI=1S/C15H33NO2/c1-15(2)16(11-7-3-5-9-13-17)12-8-4-6-10-14-18/h15,17-18H,3-14H2,1-2H3. The second kappa shape index (κ2) is 13.3. The second-order valence-electron chi connectivity index (χ2n) is 5.41. The molecule has 0 saturated heterocycles. The smallest absolute Gasteiger partial charge is 0.0431 e. The monoisotopic (exact) mass is 259 g/mol. The molecule has 0 rings (SSSR count). The maximum absolute atomic E-state index is 8.72. The first kappa shape index (κ1) is 17.9. The molecular weight excluding hydrogens is 226 g/mol. The maximum atomic E-state index is 8.72. The molecule has 0 aliphatic heterocycles. The van der Waals surface area contributed by atoms with E-state index in [0.29, 0.717) is 19.3 Å². The summed E-state index contributed by atoms with van der Waals surface area (Å²) in [5, 5.41) is 17.4. The van der Waals surface area contributed by atoms with Gasteiger partial charge in [-0.25, -0.2) is 0 Å². The Kier molecular flexibility index (Phi) is 13.2. The summed E-state index contributed by atoms with van der Waals surface area (Å²) in [6.45, 7) is 7.56. The van der Waals surface area contributed by atoms with Crippen molar-refractivity contribution in [1.82, 2.24) is 4.90 Å². The quantitative estimate of drug-likeness (QED) is 0.500. The molecule has 0 spiro atoms. The molecule has 2 N–H and O–H groups in total. The minimum Gasteiger partial charge on any atom is -0.396 e. The Morgan fingerprint density at radius 2 is 1.06 bits per heavy atom. The van der Waals surface area contributed by atoms with Crippen molar-refractivity contribution >= 4 is 0 Å². The highest BCUT2D eigenvalue weighted by Gasteiger charge is 2.08. The van der Waals surface area contributed by atoms with E-state index in [4.69, 9.17) is 10.2 Å². The highest BCUT2D eigenvalue weighted by molar-refractivity contribution is 4.63. The molecule has 3 nitrogen and oxygen atoms in total. The minimum atomic E-state index is 0.332. The lowest BCUT2D eigenvalue weighted by atomic mass is 10.1. The van der Waals surface area contributed by atoms with E-state index in [1.165, 1.54) is 38.8 Å². The first-order valence-electron chi connectivity index (χ1n) is 7.68. The molecule has 0 aromatic carbocycles. The van der Waals surface area contributed by atoms with E-state index in [1.807, 2.05) is 0 Å². The fourth-order valence-electron chi connectivity index (χ4n) is 2.19. The summed E-state index contributed by atoms with van der Waals surface area (Å²) in [7, 11) is 0. The molecule has 110 valence electrons. The minimum absolute atomic E-state index is 0.332. The normalized spacial score (nSPS) is 11.7. The van der Waals surface area contributed by atoms with Crippen molar-refractivity contribution in [3.05, 3.63) is 0 Å². The zero-order valence-corrected chi connectivity index (χ0v) is 12.4. The Hall–Kier alpha value is -0.120. The van der Waals surface area contributed by atoms with E-state index in [9.17, 15) is 0 Å². The summed E-state index contributed by atoms with van der Waals surface area (Å²) in [5.41, 5.74) is 0. The molecule has 0 heterocycles. The topological polar surface area (TPSA) is 43.7 Å². The van der Waals surface area contributed by atoms with E-state index in [-0.39, 0.29) is 0 Å². The Bertz CT molecular complexity index is 149. The van der Waals surface area contributed by atoms with Crippen molar-refractivity contribution in [2.24, 2.45) is 0 Å². The fraction of sp³-hybridized carbons (Fsp3) is 1.00. The van der Waals surface area contributed by atoms with Gasteiger partial charge in [0.25, 0.3) is 0 Å². The van der Waals surface area contributed by atoms with Gasteiger partial charge in [0.1, 0.15) is 0 Å². The molecule has 0 aliphatic carbocycles. The third kappa shape index (κ3) is 11.0. The fourth-order valence-corrected chi connectivity index (χ4v) is 2.19. The average Bonchev–Trinajstić information content (AvgIpc) is 2.35. The van der Waals surface area contributed by atoms with Gasteiger partial charge in [-0.05, 0) is 52.6 Å². The number of aliphatic hydroxyl groups is 2. The van der Waals surface area contributed by atoms with Crippen molar-refractivity contribution in [2.45, 2.75) is 71.3 Å². The van der Waals surface area contributed by atoms with E-state index in [1.54, 1.807) is 0 Å². The number of hydrogen-bond acceptors (Lipinski definition) is 3. The van der Waals surface area contributed by atoms with E-state index in [2.05, 4.69) is 18.7 Å². The van der Waals surface area contributed by atoms with E-state index in [0.717, 1.165) is 25.7 Å². The van der Waals surface area contributed by atoms with Crippen LogP contribution in [-0.2, 0) is 0 Å². The third-order valence-corrected chi connectivity index (χ3v) is 3.44. The molecule has 0 radical (unpaired) electrons. The largest absolute Gasteiger partial charge is 0.396 e. The van der Waals surface area contributed by atoms with Crippen molar-refractivity contribution < 1.29 is 10.2 Å². The van der Waals surface area contributed by atoms with Crippen LogP contribution >= 0.6 is 0 Å². The predicted molar refractivity (Wildman–Crippen MR) is 77.8 cm³/mol. The van der Waals surface area contributed by atoms with Gasteiger partial charge in [0.05, 0.1) is 0 Å². The lowest BCUT2D eigenvalue weighted by molar-refractivity contribution is 0.209. The maximum Gasteiger partial charge on any atom is 0.0431 e. The summed E-state index contributed by atoms with van der Waals surface area (Å²) in [6, 6.07) is 0.626. The lowest BCUT2D eigenvalue weighted by Crippen LogP contribution is -2.32. The molecule has 0 aromatic heterocycles. The summed E-state index contributed by atoms with van der Waals surface area (Å²) >= 11 is 0. The summed E-state index contributed by atoms with van der Waals surface area (Å²) in [4.78, 5) is 2.55. The van der Waals surface area contributed by atoms with Crippen LogP contribution < -0.4 is 0 Å². The molecule has 0 aromatic rings. The Labute approximate surface area is 113 Å². The van der Waals surface area contributed by atoms with Crippen molar-refractivity contribution in [2.75, 3.05) is 26.3 Å². The SMILES string of the molecule is CC(C)N(CCCCCCO)CCCCCCO. The molecule has 0 fully saturated rings. The van der Waals surface area contributed by atoms with Crippen LogP contribution in [0.5, 0.6) is 0 Å². The third-order valence-electron chi connectivity index (χ3n) is 3.44. The van der Waals surface area contributed by atoms with Crippen molar-refractivity contribution in [1.29, 1.82) is 0 Å². The van der Waals surface area contributed by atoms with Crippen molar-refractivity contribution in [3.63, 3.8) is 0 Å². The average molecular weight is 259 g/mol. The van der Waals surface area contributed by atoms with Crippen LogP contribution in [0.2, 0.25) is 0 Å². The highest BCUT2D eigenvalue weighted by atomic mass is 16.3. The zero-order chi connectivity index (χ0) is 13.6. The van der Waals surface area contributed by atoms with Gasteiger partial charge in [-0.15, -0.1) is 0 Å². The number of nitrogens with zero attached hydrogens (tertiary/aromatic N) is 1. The van der Waals surface area contributed by atoms with Crippen LogP contribution in [0.25, 0.3) is 0 Å². The summed E-state index contributed by atoms with van der Waals surface area (Å²) in [5.74, 6) is 0. The van der Waals surface area contributed by atoms with Gasteiger partial charge < -0.3 is 15.1 Å². The second-order valence-corrected chi connectivity index (χ2v) is 5.41. The van der Waals surface area contributed by atoms with E-state index < -0.39 is 0 Å². The van der Waals surface area contributed by atoms with Gasteiger partial charge >= 0.3 is 0 Å². The van der Waals surface area contributed by atoms with Gasteiger partial charge in [0.2, 0.25) is 0 Å². The number of hydrogen-bond donors (Lipinski definition) is 2. The molecular formula is C15H33NO2. The number of aliphatic hydroxyl groups excluding tert-OH is 2. The van der Waals surface area contributed by atoms with Crippen LogP contribution in [0, 0.1) is 0 Å². The first-order chi connectivity index (χ1) is 8.72. The Morgan fingerprint density at radius 1 is 0.667 bits per heavy atom. The first-order valence-corrected chi connectivity index (χ1v) is 7.68. The van der Waals surface area contributed by atoms with E-state index >= 15 is 0 Å². The molecule has 3 heteroatoms. The molecule has 0 aliphatic rings. The summed E-state index contributed by atoms with van der Waals surface area (Å²) in [6.07, 6.45) is 9.15. The van der Waals surface area contributed by atoms with Crippen LogP contribution in [0.1, 0.15) is 65.2 Å². The molecule has 0 bridgehead atoms. The highest BCUT2D eigenvalue weighted by Crippen LogP contribution is 2.08. The van der Waals surface area contributed by atoms with Crippen LogP contribution in [-0.4, -0.2) is 47.5 Å². The zero-order valence-electron chi connectivity index (χ0n) is 12.4. The van der Waals surface area contributed by atoms with Crippen molar-refractivity contribution in [3.8, 4) is 0 Å². The van der Waals surface area contributed by atoms with Gasteiger partial charge in [-0.3, -0.25) is 0 Å². The van der Waals surface area contributed by atoms with Crippen LogP contribution in [0.3, 0.4) is 0 Å². The van der Waals surface area contributed by atoms with Gasteiger partial charge in [0, 0.05) is 19.3 Å². The predicted octanol–water partition coefficient (Wildman–Crippen LogP) is 2.80. The molecule has 0 atom stereocenters. The van der Waals surface area contributed by atoms with Gasteiger partial charge in [0.15, 0.2) is 0 Å². The van der Waals surface area contributed by atoms with Gasteiger partial charge in [-0.2, -0.15) is 0 Å². The number of unbranched alkanes of at least 4 members (excludes halogenated alkanes) is 6. The molecule has 0 amide bonds. The molecule has 18 heavy (non-hydrogen) atoms. The Balaban J connectivity index is 3.53. The van der Waals surface area contributed by atoms with Crippen LogP contribution in [0.4, 0.5) is 0 Å². The molecule has 0 saturated carbocycles. The summed E-state index contributed by atoms with van der Waals surface area (Å²) < 4.78 is 0. The van der Waals surface area contributed by atoms with Gasteiger partial charge in [-0.1, -0.05) is 25.7 Å². The Morgan fingerprint density at radius 3 is 1.39 bits per heavy atom. The lowest BCUT2D eigenvalue weighted by Gasteiger charge is -2.26. The van der Waals surface area contributed by atoms with Crippen LogP contribution in [0.15, 0.2) is 0 Å².